The Balaban J connectivity index is 2.08. The van der Waals surface area contributed by atoms with Crippen LogP contribution in [-0.2, 0) is 9.53 Å². The Morgan fingerprint density at radius 2 is 1.96 bits per heavy atom. The van der Waals surface area contributed by atoms with Gasteiger partial charge in [0.2, 0.25) is 0 Å². The number of carbonyl (C=O) groups is 1. The molecule has 5 heteroatoms. The van der Waals surface area contributed by atoms with Gasteiger partial charge in [-0.3, -0.25) is 15.1 Å². The fourth-order valence-electron chi connectivity index (χ4n) is 2.35. The first-order valence-corrected chi connectivity index (χ1v) is 7.83. The monoisotopic (exact) mass is 326 g/mol. The van der Waals surface area contributed by atoms with E-state index in [2.05, 4.69) is 6.58 Å². The number of nitrogens with one attached hydrogen (secondary N) is 1. The molecule has 0 fully saturated rings. The molecule has 1 aromatic rings. The van der Waals surface area contributed by atoms with E-state index in [0.29, 0.717) is 19.4 Å². The zero-order valence-corrected chi connectivity index (χ0v) is 14.0. The average Bonchev–Trinajstić information content (AvgIpc) is 2.62. The number of likely N-dealkylation sites (N-methyl/N-ethyl adjacent to an activating group) is 1. The van der Waals surface area contributed by atoms with Crippen molar-refractivity contribution in [3.05, 3.63) is 66.2 Å². The van der Waals surface area contributed by atoms with Gasteiger partial charge in [-0.25, -0.2) is 0 Å². The molecule has 1 N–H and O–H groups in total. The maximum absolute atomic E-state index is 12.2. The number of para-hydroxylation sites is 1. The van der Waals surface area contributed by atoms with Crippen LogP contribution in [0.5, 0.6) is 5.75 Å². The van der Waals surface area contributed by atoms with Gasteiger partial charge in [-0.2, -0.15) is 0 Å². The third-order valence-electron chi connectivity index (χ3n) is 3.72. The smallest absolute Gasteiger partial charge is 0.293 e. The second-order valence-electron chi connectivity index (χ2n) is 5.27. The molecule has 1 aliphatic rings. The standard InChI is InChI=1S/C19H22N2O3/c1-4-21(19(22)14(2)23-3)18(20)15-10-12-17(13-11-15)24-16-8-6-5-7-9-16/h5-10,12,20H,2,4,11,13H2,1,3H3. The van der Waals surface area contributed by atoms with Crippen LogP contribution in [0.2, 0.25) is 0 Å². The third-order valence-corrected chi connectivity index (χ3v) is 3.72. The van der Waals surface area contributed by atoms with E-state index in [0.717, 1.165) is 17.1 Å². The van der Waals surface area contributed by atoms with E-state index in [-0.39, 0.29) is 17.5 Å². The van der Waals surface area contributed by atoms with Crippen molar-refractivity contribution in [2.24, 2.45) is 0 Å². The first kappa shape index (κ1) is 17.5. The molecule has 1 amide bonds. The Kier molecular flexibility index (Phi) is 5.95. The number of methoxy groups -OCH3 is 1. The highest BCUT2D eigenvalue weighted by Crippen LogP contribution is 2.24. The van der Waals surface area contributed by atoms with E-state index in [9.17, 15) is 4.79 Å². The summed E-state index contributed by atoms with van der Waals surface area (Å²) in [5.74, 6) is 1.45. The van der Waals surface area contributed by atoms with E-state index in [1.807, 2.05) is 49.4 Å². The van der Waals surface area contributed by atoms with Crippen molar-refractivity contribution in [2.45, 2.75) is 19.8 Å². The average molecular weight is 326 g/mol. The molecule has 0 heterocycles. The molecule has 24 heavy (non-hydrogen) atoms. The second-order valence-corrected chi connectivity index (χ2v) is 5.27. The molecular weight excluding hydrogens is 304 g/mol. The Morgan fingerprint density at radius 3 is 2.50 bits per heavy atom. The summed E-state index contributed by atoms with van der Waals surface area (Å²) in [6, 6.07) is 9.57. The van der Waals surface area contributed by atoms with Crippen molar-refractivity contribution in [2.75, 3.05) is 13.7 Å². The highest BCUT2D eigenvalue weighted by atomic mass is 16.5. The van der Waals surface area contributed by atoms with Gasteiger partial charge in [-0.1, -0.05) is 30.9 Å². The third kappa shape index (κ3) is 4.13. The Labute approximate surface area is 142 Å². The minimum absolute atomic E-state index is 0.0293. The summed E-state index contributed by atoms with van der Waals surface area (Å²) in [7, 11) is 1.40. The number of carbonyl (C=O) groups excluding carboxylic acids is 1. The van der Waals surface area contributed by atoms with Crippen LogP contribution in [0.4, 0.5) is 0 Å². The second kappa shape index (κ2) is 8.15. The molecule has 0 bridgehead atoms. The van der Waals surface area contributed by atoms with Gasteiger partial charge in [-0.05, 0) is 37.1 Å². The predicted molar refractivity (Wildman–Crippen MR) is 93.7 cm³/mol. The molecule has 0 aliphatic heterocycles. The molecule has 0 unspecified atom stereocenters. The fourth-order valence-corrected chi connectivity index (χ4v) is 2.35. The van der Waals surface area contributed by atoms with E-state index in [4.69, 9.17) is 14.9 Å². The Bertz CT molecular complexity index is 690. The molecule has 5 nitrogen and oxygen atoms in total. The van der Waals surface area contributed by atoms with Crippen LogP contribution in [-0.4, -0.2) is 30.3 Å². The highest BCUT2D eigenvalue weighted by molar-refractivity contribution is 6.10. The van der Waals surface area contributed by atoms with Crippen LogP contribution in [0, 0.1) is 5.41 Å². The molecule has 0 aromatic heterocycles. The van der Waals surface area contributed by atoms with Gasteiger partial charge in [0.25, 0.3) is 5.91 Å². The number of nitrogens with zero attached hydrogens (tertiary/aromatic N) is 1. The van der Waals surface area contributed by atoms with Crippen LogP contribution < -0.4 is 4.74 Å². The maximum Gasteiger partial charge on any atom is 0.293 e. The Hall–Kier alpha value is -2.82. The fraction of sp³-hybridized carbons (Fsp3) is 0.263. The van der Waals surface area contributed by atoms with Crippen LogP contribution in [0.15, 0.2) is 66.2 Å². The van der Waals surface area contributed by atoms with Crippen LogP contribution >= 0.6 is 0 Å². The summed E-state index contributed by atoms with van der Waals surface area (Å²) in [5, 5.41) is 8.30. The largest absolute Gasteiger partial charge is 0.492 e. The molecule has 0 saturated carbocycles. The highest BCUT2D eigenvalue weighted by Gasteiger charge is 2.23. The number of amides is 1. The number of hydrogen-bond donors (Lipinski definition) is 1. The molecule has 0 radical (unpaired) electrons. The van der Waals surface area contributed by atoms with Crippen LogP contribution in [0.25, 0.3) is 0 Å². The van der Waals surface area contributed by atoms with E-state index in [1.165, 1.54) is 12.0 Å². The lowest BCUT2D eigenvalue weighted by atomic mass is 10.0. The number of ether oxygens (including phenoxy) is 2. The molecule has 0 saturated heterocycles. The maximum atomic E-state index is 12.2. The lowest BCUT2D eigenvalue weighted by Gasteiger charge is -2.25. The van der Waals surface area contributed by atoms with E-state index >= 15 is 0 Å². The van der Waals surface area contributed by atoms with Gasteiger partial charge in [0.05, 0.1) is 7.11 Å². The Morgan fingerprint density at radius 1 is 1.25 bits per heavy atom. The number of benzene rings is 1. The summed E-state index contributed by atoms with van der Waals surface area (Å²) >= 11 is 0. The van der Waals surface area contributed by atoms with Gasteiger partial charge < -0.3 is 9.47 Å². The molecule has 126 valence electrons. The van der Waals surface area contributed by atoms with Crippen molar-refractivity contribution in [3.8, 4) is 5.75 Å². The summed E-state index contributed by atoms with van der Waals surface area (Å²) in [6.07, 6.45) is 5.00. The minimum atomic E-state index is -0.388. The van der Waals surface area contributed by atoms with Crippen LogP contribution in [0.3, 0.4) is 0 Å². The molecular formula is C19H22N2O3. The lowest BCUT2D eigenvalue weighted by Crippen LogP contribution is -2.38. The number of allylic oxidation sites excluding steroid dienone is 3. The molecule has 2 rings (SSSR count). The molecule has 0 spiro atoms. The van der Waals surface area contributed by atoms with E-state index in [1.54, 1.807) is 0 Å². The topological polar surface area (TPSA) is 62.6 Å². The van der Waals surface area contributed by atoms with Crippen molar-refractivity contribution in [3.63, 3.8) is 0 Å². The van der Waals surface area contributed by atoms with Crippen molar-refractivity contribution >= 4 is 11.7 Å². The van der Waals surface area contributed by atoms with Crippen LogP contribution in [0.1, 0.15) is 19.8 Å². The van der Waals surface area contributed by atoms with Crippen molar-refractivity contribution < 1.29 is 14.3 Å². The number of rotatable bonds is 6. The first-order valence-electron chi connectivity index (χ1n) is 7.83. The molecule has 0 atom stereocenters. The number of amidine groups is 1. The van der Waals surface area contributed by atoms with Crippen molar-refractivity contribution in [1.82, 2.24) is 4.90 Å². The lowest BCUT2D eigenvalue weighted by molar-refractivity contribution is -0.126. The van der Waals surface area contributed by atoms with Gasteiger partial charge in [0.15, 0.2) is 5.76 Å². The first-order chi connectivity index (χ1) is 11.6. The number of hydrogen-bond acceptors (Lipinski definition) is 4. The van der Waals surface area contributed by atoms with Gasteiger partial charge in [0.1, 0.15) is 17.3 Å². The SMILES string of the molecule is C=C(OC)C(=O)N(CC)C(=N)C1=CC=C(Oc2ccccc2)CC1. The minimum Gasteiger partial charge on any atom is -0.492 e. The normalized spacial score (nSPS) is 13.4. The quantitative estimate of drug-likeness (QED) is 0.375. The molecule has 1 aliphatic carbocycles. The van der Waals surface area contributed by atoms with Gasteiger partial charge in [-0.15, -0.1) is 0 Å². The summed E-state index contributed by atoms with van der Waals surface area (Å²) in [4.78, 5) is 13.5. The summed E-state index contributed by atoms with van der Waals surface area (Å²) < 4.78 is 10.7. The zero-order valence-electron chi connectivity index (χ0n) is 14.0. The van der Waals surface area contributed by atoms with E-state index < -0.39 is 0 Å². The summed E-state index contributed by atoms with van der Waals surface area (Å²) in [6.45, 7) is 5.77. The molecule has 1 aromatic carbocycles. The zero-order chi connectivity index (χ0) is 17.5. The summed E-state index contributed by atoms with van der Waals surface area (Å²) in [5.41, 5.74) is 0.787. The van der Waals surface area contributed by atoms with Gasteiger partial charge >= 0.3 is 0 Å². The van der Waals surface area contributed by atoms with Crippen molar-refractivity contribution in [1.29, 1.82) is 5.41 Å². The van der Waals surface area contributed by atoms with Gasteiger partial charge in [0, 0.05) is 13.0 Å². The predicted octanol–water partition coefficient (Wildman–Crippen LogP) is 3.66.